The molecule has 12 heavy (non-hydrogen) atoms. The summed E-state index contributed by atoms with van der Waals surface area (Å²) < 4.78 is 10.3. The number of carboxylic acid groups (broad SMARTS) is 1. The van der Waals surface area contributed by atoms with Gasteiger partial charge in [-0.2, -0.15) is 0 Å². The summed E-state index contributed by atoms with van der Waals surface area (Å²) in [5.74, 6) is -1.47. The van der Waals surface area contributed by atoms with Gasteiger partial charge in [0.05, 0.1) is 21.7 Å². The molecule has 0 aromatic rings. The van der Waals surface area contributed by atoms with E-state index >= 15 is 0 Å². The van der Waals surface area contributed by atoms with Gasteiger partial charge in [-0.1, -0.05) is 0 Å². The quantitative estimate of drug-likeness (QED) is 0.575. The average molecular weight is 186 g/mol. The summed E-state index contributed by atoms with van der Waals surface area (Å²) in [6, 6.07) is 0. The van der Waals surface area contributed by atoms with Crippen molar-refractivity contribution in [3.8, 4) is 0 Å². The number of rotatable bonds is 1. The van der Waals surface area contributed by atoms with Crippen molar-refractivity contribution in [3.05, 3.63) is 23.5 Å². The van der Waals surface area contributed by atoms with E-state index in [-0.39, 0.29) is 29.0 Å². The number of allylic oxidation sites excluding steroid dienone is 2. The Balaban J connectivity index is 3.06. The Morgan fingerprint density at radius 2 is 2.17 bits per heavy atom. The van der Waals surface area contributed by atoms with Crippen LogP contribution in [0.4, 0.5) is 0 Å². The van der Waals surface area contributed by atoms with Crippen molar-refractivity contribution in [1.82, 2.24) is 0 Å². The molecule has 1 aliphatic carbocycles. The smallest absolute Gasteiger partial charge is 0.335 e. The summed E-state index contributed by atoms with van der Waals surface area (Å²) in [6.45, 7) is 0. The highest BCUT2D eigenvalue weighted by Crippen LogP contribution is 2.14. The van der Waals surface area contributed by atoms with Crippen molar-refractivity contribution in [2.45, 2.75) is 6.42 Å². The van der Waals surface area contributed by atoms with Crippen LogP contribution >= 0.6 is 0 Å². The van der Waals surface area contributed by atoms with E-state index < -0.39 is 5.97 Å². The van der Waals surface area contributed by atoms with Crippen LogP contribution in [-0.2, 0) is 16.1 Å². The fourth-order valence-corrected chi connectivity index (χ4v) is 1.17. The lowest BCUT2D eigenvalue weighted by molar-refractivity contribution is -0.132. The molecular formula is C7H6O4S. The van der Waals surface area contributed by atoms with Gasteiger partial charge in [0, 0.05) is 6.42 Å². The minimum absolute atomic E-state index is 0.00579. The average Bonchev–Trinajstić information content (AvgIpc) is 2.05. The molecule has 0 amide bonds. The number of aliphatic hydroxyl groups excluding tert-OH is 1. The second-order valence-electron chi connectivity index (χ2n) is 2.23. The molecule has 0 saturated carbocycles. The van der Waals surface area contributed by atoms with Gasteiger partial charge in [0.2, 0.25) is 0 Å². The van der Waals surface area contributed by atoms with E-state index in [1.54, 1.807) is 0 Å². The Morgan fingerprint density at radius 3 is 2.67 bits per heavy atom. The molecule has 1 rings (SSSR count). The Kier molecular flexibility index (Phi) is 2.44. The highest BCUT2D eigenvalue weighted by Gasteiger charge is 2.17. The van der Waals surface area contributed by atoms with Crippen LogP contribution < -0.4 is 0 Å². The Morgan fingerprint density at radius 1 is 1.50 bits per heavy atom. The van der Waals surface area contributed by atoms with Crippen molar-refractivity contribution in [3.63, 3.8) is 0 Å². The van der Waals surface area contributed by atoms with Gasteiger partial charge in [0.25, 0.3) is 0 Å². The van der Waals surface area contributed by atoms with Gasteiger partial charge in [-0.15, -0.1) is 0 Å². The van der Waals surface area contributed by atoms with E-state index in [1.165, 1.54) is 12.2 Å². The van der Waals surface area contributed by atoms with Crippen LogP contribution in [0.5, 0.6) is 0 Å². The van der Waals surface area contributed by atoms with Gasteiger partial charge in [0.1, 0.15) is 5.76 Å². The van der Waals surface area contributed by atoms with Crippen molar-refractivity contribution < 1.29 is 19.2 Å². The first-order valence-electron chi connectivity index (χ1n) is 3.14. The second kappa shape index (κ2) is 3.36. The Hall–Kier alpha value is -1.36. The van der Waals surface area contributed by atoms with Crippen LogP contribution in [0.1, 0.15) is 6.42 Å². The molecule has 0 aromatic heterocycles. The van der Waals surface area contributed by atoms with E-state index in [9.17, 15) is 9.00 Å². The molecule has 0 fully saturated rings. The normalized spacial score (nSPS) is 16.5. The fraction of sp³-hybridized carbons (Fsp3) is 0.143. The van der Waals surface area contributed by atoms with Gasteiger partial charge in [0.15, 0.2) is 0 Å². The SMILES string of the molecule is O=S=C1C=CC(O)=C(C(=O)O)C1. The molecule has 1 aliphatic rings. The zero-order chi connectivity index (χ0) is 9.14. The molecule has 64 valence electrons. The van der Waals surface area contributed by atoms with Crippen LogP contribution in [-0.4, -0.2) is 25.3 Å². The number of carboxylic acids is 1. The highest BCUT2D eigenvalue weighted by atomic mass is 32.1. The maximum atomic E-state index is 10.4. The van der Waals surface area contributed by atoms with Crippen molar-refractivity contribution in [2.24, 2.45) is 0 Å². The Bertz CT molecular complexity index is 333. The van der Waals surface area contributed by atoms with E-state index in [0.29, 0.717) is 4.86 Å². The molecule has 0 spiro atoms. The number of hydrogen-bond donors (Lipinski definition) is 2. The topological polar surface area (TPSA) is 74.6 Å². The predicted octanol–water partition coefficient (Wildman–Crippen LogP) is 0.228. The first kappa shape index (κ1) is 8.73. The zero-order valence-electron chi connectivity index (χ0n) is 5.98. The van der Waals surface area contributed by atoms with E-state index in [2.05, 4.69) is 0 Å². The lowest BCUT2D eigenvalue weighted by atomic mass is 10.0. The summed E-state index contributed by atoms with van der Waals surface area (Å²) in [4.78, 5) is 10.8. The van der Waals surface area contributed by atoms with Gasteiger partial charge in [-0.25, -0.2) is 9.00 Å². The van der Waals surface area contributed by atoms with E-state index in [1.807, 2.05) is 0 Å². The molecule has 0 aliphatic heterocycles. The van der Waals surface area contributed by atoms with Crippen LogP contribution in [0.25, 0.3) is 0 Å². The van der Waals surface area contributed by atoms with Gasteiger partial charge in [-0.3, -0.25) is 0 Å². The van der Waals surface area contributed by atoms with E-state index in [4.69, 9.17) is 10.2 Å². The number of aliphatic hydroxyl groups is 1. The lowest BCUT2D eigenvalue weighted by Gasteiger charge is -2.06. The van der Waals surface area contributed by atoms with Gasteiger partial charge >= 0.3 is 5.97 Å². The molecule has 5 heteroatoms. The van der Waals surface area contributed by atoms with E-state index in [0.717, 1.165) is 0 Å². The molecule has 0 heterocycles. The summed E-state index contributed by atoms with van der Waals surface area (Å²) in [5, 5.41) is 17.6. The maximum Gasteiger partial charge on any atom is 0.335 e. The largest absolute Gasteiger partial charge is 0.507 e. The third kappa shape index (κ3) is 1.62. The third-order valence-corrected chi connectivity index (χ3v) is 1.95. The van der Waals surface area contributed by atoms with Crippen molar-refractivity contribution in [1.29, 1.82) is 0 Å². The molecule has 4 nitrogen and oxygen atoms in total. The van der Waals surface area contributed by atoms with Crippen LogP contribution in [0.15, 0.2) is 23.5 Å². The fourth-order valence-electron chi connectivity index (χ4n) is 0.839. The number of aliphatic carboxylic acids is 1. The molecule has 0 saturated heterocycles. The number of hydrogen-bond acceptors (Lipinski definition) is 3. The second-order valence-corrected chi connectivity index (χ2v) is 2.92. The molecule has 0 radical (unpaired) electrons. The molecular weight excluding hydrogens is 180 g/mol. The van der Waals surface area contributed by atoms with Gasteiger partial charge < -0.3 is 10.2 Å². The molecule has 0 unspecified atom stereocenters. The molecule has 0 aromatic carbocycles. The maximum absolute atomic E-state index is 10.4. The summed E-state index contributed by atoms with van der Waals surface area (Å²) >= 11 is 0.240. The standard InChI is InChI=1S/C7H6O4S/c8-6-2-1-4(12-11)3-5(6)7(9)10/h1-2,8H,3H2,(H,9,10). The summed E-state index contributed by atoms with van der Waals surface area (Å²) in [6.07, 6.45) is 2.64. The van der Waals surface area contributed by atoms with Gasteiger partial charge in [-0.05, 0) is 12.2 Å². The van der Waals surface area contributed by atoms with Crippen LogP contribution in [0.2, 0.25) is 0 Å². The minimum Gasteiger partial charge on any atom is -0.507 e. The Labute approximate surface area is 71.9 Å². The molecule has 0 atom stereocenters. The number of carbonyl (C=O) groups is 1. The van der Waals surface area contributed by atoms with Crippen LogP contribution in [0.3, 0.4) is 0 Å². The lowest BCUT2D eigenvalue weighted by Crippen LogP contribution is -2.11. The first-order chi connectivity index (χ1) is 5.65. The highest BCUT2D eigenvalue weighted by molar-refractivity contribution is 7.67. The molecule has 2 N–H and O–H groups in total. The summed E-state index contributed by atoms with van der Waals surface area (Å²) in [5.41, 5.74) is -0.129. The van der Waals surface area contributed by atoms with Crippen molar-refractivity contribution in [2.75, 3.05) is 0 Å². The summed E-state index contributed by atoms with van der Waals surface area (Å²) in [7, 11) is 0. The third-order valence-electron chi connectivity index (χ3n) is 1.45. The predicted molar refractivity (Wildman–Crippen MR) is 44.2 cm³/mol. The minimum atomic E-state index is -1.19. The first-order valence-corrected chi connectivity index (χ1v) is 3.88. The monoisotopic (exact) mass is 186 g/mol. The molecule has 0 bridgehead atoms. The zero-order valence-corrected chi connectivity index (χ0v) is 6.80. The van der Waals surface area contributed by atoms with Crippen molar-refractivity contribution >= 4 is 22.1 Å². The van der Waals surface area contributed by atoms with Crippen LogP contribution in [0, 0.1) is 0 Å².